The largest absolute Gasteiger partial charge is 0.399 e. The number of benzene rings is 1. The van der Waals surface area contributed by atoms with Gasteiger partial charge >= 0.3 is 0 Å². The van der Waals surface area contributed by atoms with Crippen LogP contribution in [0.5, 0.6) is 0 Å². The Labute approximate surface area is 118 Å². The number of nitrogen functional groups attached to an aromatic ring is 1. The maximum absolute atomic E-state index is 12.6. The van der Waals surface area contributed by atoms with E-state index < -0.39 is 21.8 Å². The molecule has 0 bridgehead atoms. The van der Waals surface area contributed by atoms with Crippen molar-refractivity contribution in [1.29, 1.82) is 0 Å². The second-order valence-corrected chi connectivity index (χ2v) is 7.04. The fourth-order valence-corrected chi connectivity index (χ4v) is 4.21. The summed E-state index contributed by atoms with van der Waals surface area (Å²) in [6.07, 6.45) is 1.27. The Kier molecular flexibility index (Phi) is 4.01. The summed E-state index contributed by atoms with van der Waals surface area (Å²) in [5.74, 6) is -0.867. The lowest BCUT2D eigenvalue weighted by Crippen LogP contribution is -2.44. The molecule has 0 aliphatic carbocycles. The molecule has 2 rings (SSSR count). The summed E-state index contributed by atoms with van der Waals surface area (Å²) in [6, 6.07) is 4.80. The van der Waals surface area contributed by atoms with Crippen molar-refractivity contribution < 1.29 is 13.2 Å². The second kappa shape index (κ2) is 5.41. The Bertz CT molecular complexity index is 628. The van der Waals surface area contributed by atoms with Crippen LogP contribution in [-0.4, -0.2) is 31.7 Å². The molecule has 4 N–H and O–H groups in total. The number of rotatable bonds is 3. The third-order valence-electron chi connectivity index (χ3n) is 3.62. The monoisotopic (exact) mass is 297 g/mol. The van der Waals surface area contributed by atoms with Gasteiger partial charge in [-0.25, -0.2) is 8.42 Å². The van der Waals surface area contributed by atoms with Crippen LogP contribution >= 0.6 is 0 Å². The molecule has 1 aliphatic heterocycles. The molecule has 1 amide bonds. The van der Waals surface area contributed by atoms with Crippen LogP contribution in [0.2, 0.25) is 0 Å². The van der Waals surface area contributed by atoms with Crippen LogP contribution in [0.3, 0.4) is 0 Å². The van der Waals surface area contributed by atoms with Crippen molar-refractivity contribution in [3.05, 3.63) is 23.8 Å². The highest BCUT2D eigenvalue weighted by Gasteiger charge is 2.33. The maximum atomic E-state index is 12.6. The third kappa shape index (κ3) is 2.78. The van der Waals surface area contributed by atoms with Crippen LogP contribution in [0, 0.1) is 12.8 Å². The number of carbonyl (C=O) groups excluding carboxylic acids is 1. The van der Waals surface area contributed by atoms with Crippen molar-refractivity contribution in [2.24, 2.45) is 11.7 Å². The Morgan fingerprint density at radius 2 is 2.10 bits per heavy atom. The fourth-order valence-electron chi connectivity index (χ4n) is 2.43. The Morgan fingerprint density at radius 3 is 2.75 bits per heavy atom. The van der Waals surface area contributed by atoms with Crippen molar-refractivity contribution in [2.75, 3.05) is 18.8 Å². The van der Waals surface area contributed by atoms with Crippen molar-refractivity contribution in [3.8, 4) is 0 Å². The molecule has 20 heavy (non-hydrogen) atoms. The average Bonchev–Trinajstić information content (AvgIpc) is 2.41. The van der Waals surface area contributed by atoms with Gasteiger partial charge in [0.05, 0.1) is 10.8 Å². The van der Waals surface area contributed by atoms with Crippen molar-refractivity contribution in [2.45, 2.75) is 24.7 Å². The predicted octanol–water partition coefficient (Wildman–Crippen LogP) is 0.463. The van der Waals surface area contributed by atoms with Gasteiger partial charge in [0, 0.05) is 18.8 Å². The summed E-state index contributed by atoms with van der Waals surface area (Å²) >= 11 is 0. The number of piperidine rings is 1. The van der Waals surface area contributed by atoms with Crippen molar-refractivity contribution in [1.82, 2.24) is 4.31 Å². The highest BCUT2D eigenvalue weighted by atomic mass is 32.2. The molecule has 1 saturated heterocycles. The standard InChI is InChI=1S/C13H19N3O3S/c1-9-4-5-11(14)7-12(9)20(18,19)16-6-2-3-10(8-16)13(15)17/h4-5,7,10H,2-3,6,8,14H2,1H3,(H2,15,17). The summed E-state index contributed by atoms with van der Waals surface area (Å²) in [4.78, 5) is 11.5. The van der Waals surface area contributed by atoms with Crippen LogP contribution in [-0.2, 0) is 14.8 Å². The first-order valence-electron chi connectivity index (χ1n) is 6.48. The van der Waals surface area contributed by atoms with Crippen molar-refractivity contribution in [3.63, 3.8) is 0 Å². The van der Waals surface area contributed by atoms with Gasteiger partial charge in [-0.2, -0.15) is 4.31 Å². The number of amides is 1. The molecule has 1 unspecified atom stereocenters. The number of hydrogen-bond donors (Lipinski definition) is 2. The fraction of sp³-hybridized carbons (Fsp3) is 0.462. The highest BCUT2D eigenvalue weighted by Crippen LogP contribution is 2.26. The van der Waals surface area contributed by atoms with Crippen molar-refractivity contribution >= 4 is 21.6 Å². The minimum atomic E-state index is -3.64. The molecule has 1 atom stereocenters. The zero-order valence-electron chi connectivity index (χ0n) is 11.4. The summed E-state index contributed by atoms with van der Waals surface area (Å²) in [5, 5.41) is 0. The van der Waals surface area contributed by atoms with E-state index in [9.17, 15) is 13.2 Å². The van der Waals surface area contributed by atoms with Crippen LogP contribution < -0.4 is 11.5 Å². The lowest BCUT2D eigenvalue weighted by Gasteiger charge is -2.30. The van der Waals surface area contributed by atoms with Gasteiger partial charge in [0.2, 0.25) is 15.9 Å². The number of anilines is 1. The summed E-state index contributed by atoms with van der Waals surface area (Å²) in [7, 11) is -3.64. The highest BCUT2D eigenvalue weighted by molar-refractivity contribution is 7.89. The van der Waals surface area contributed by atoms with Crippen LogP contribution in [0.15, 0.2) is 23.1 Å². The molecular weight excluding hydrogens is 278 g/mol. The van der Waals surface area contributed by atoms with E-state index in [1.165, 1.54) is 10.4 Å². The van der Waals surface area contributed by atoms with Crippen LogP contribution in [0.4, 0.5) is 5.69 Å². The van der Waals surface area contributed by atoms with Gasteiger partial charge in [-0.3, -0.25) is 4.79 Å². The van der Waals surface area contributed by atoms with E-state index in [0.717, 1.165) is 0 Å². The Balaban J connectivity index is 2.35. The van der Waals surface area contributed by atoms with E-state index >= 15 is 0 Å². The van der Waals surface area contributed by atoms with E-state index in [1.54, 1.807) is 19.1 Å². The van der Waals surface area contributed by atoms with E-state index in [1.807, 2.05) is 0 Å². The molecule has 1 aromatic rings. The molecule has 0 radical (unpaired) electrons. The zero-order valence-corrected chi connectivity index (χ0v) is 12.2. The summed E-state index contributed by atoms with van der Waals surface area (Å²) < 4.78 is 26.6. The Morgan fingerprint density at radius 1 is 1.40 bits per heavy atom. The van der Waals surface area contributed by atoms with E-state index in [2.05, 4.69) is 0 Å². The molecule has 0 spiro atoms. The second-order valence-electron chi connectivity index (χ2n) is 5.13. The van der Waals surface area contributed by atoms with Gasteiger partial charge in [-0.15, -0.1) is 0 Å². The quantitative estimate of drug-likeness (QED) is 0.790. The van der Waals surface area contributed by atoms with Crippen LogP contribution in [0.25, 0.3) is 0 Å². The number of aryl methyl sites for hydroxylation is 1. The van der Waals surface area contributed by atoms with Crippen LogP contribution in [0.1, 0.15) is 18.4 Å². The van der Waals surface area contributed by atoms with Gasteiger partial charge in [0.1, 0.15) is 0 Å². The molecule has 1 aliphatic rings. The van der Waals surface area contributed by atoms with E-state index in [0.29, 0.717) is 30.6 Å². The first-order valence-corrected chi connectivity index (χ1v) is 7.92. The lowest BCUT2D eigenvalue weighted by atomic mass is 9.99. The number of nitrogens with zero attached hydrogens (tertiary/aromatic N) is 1. The number of carbonyl (C=O) groups is 1. The summed E-state index contributed by atoms with van der Waals surface area (Å²) in [5.41, 5.74) is 12.0. The SMILES string of the molecule is Cc1ccc(N)cc1S(=O)(=O)N1CCCC(C(N)=O)C1. The molecular formula is C13H19N3O3S. The van der Waals surface area contributed by atoms with Gasteiger partial charge < -0.3 is 11.5 Å². The van der Waals surface area contributed by atoms with Gasteiger partial charge in [0.15, 0.2) is 0 Å². The topological polar surface area (TPSA) is 106 Å². The molecule has 1 fully saturated rings. The number of primary amides is 1. The molecule has 0 aromatic heterocycles. The third-order valence-corrected chi connectivity index (χ3v) is 5.62. The zero-order chi connectivity index (χ0) is 14.9. The average molecular weight is 297 g/mol. The molecule has 1 heterocycles. The normalized spacial score (nSPS) is 20.8. The maximum Gasteiger partial charge on any atom is 0.243 e. The van der Waals surface area contributed by atoms with E-state index in [4.69, 9.17) is 11.5 Å². The van der Waals surface area contributed by atoms with Gasteiger partial charge in [0.25, 0.3) is 0 Å². The van der Waals surface area contributed by atoms with Gasteiger partial charge in [-0.1, -0.05) is 6.07 Å². The van der Waals surface area contributed by atoms with E-state index in [-0.39, 0.29) is 11.4 Å². The Hall–Kier alpha value is -1.60. The molecule has 6 nitrogen and oxygen atoms in total. The molecule has 0 saturated carbocycles. The number of sulfonamides is 1. The minimum Gasteiger partial charge on any atom is -0.399 e. The smallest absolute Gasteiger partial charge is 0.243 e. The first kappa shape index (κ1) is 14.8. The number of hydrogen-bond acceptors (Lipinski definition) is 4. The minimum absolute atomic E-state index is 0.145. The first-order chi connectivity index (χ1) is 9.32. The molecule has 110 valence electrons. The predicted molar refractivity (Wildman–Crippen MR) is 76.3 cm³/mol. The van der Waals surface area contributed by atoms with Gasteiger partial charge in [-0.05, 0) is 37.5 Å². The molecule has 1 aromatic carbocycles. The summed E-state index contributed by atoms with van der Waals surface area (Å²) in [6.45, 7) is 2.27. The molecule has 7 heteroatoms. The number of nitrogens with two attached hydrogens (primary N) is 2. The lowest BCUT2D eigenvalue weighted by molar-refractivity contribution is -0.122.